The molecule has 31 heteroatoms. The molecule has 0 unspecified atom stereocenters. The van der Waals surface area contributed by atoms with Crippen molar-refractivity contribution in [3.63, 3.8) is 0 Å². The Bertz CT molecular complexity index is 2690. The van der Waals surface area contributed by atoms with Crippen LogP contribution < -0.4 is 26.4 Å². The number of carbonyl (C=O) groups excluding carboxylic acids is 2. The summed E-state index contributed by atoms with van der Waals surface area (Å²) in [5.74, 6) is -0.726. The maximum absolute atomic E-state index is 14.2. The molecule has 1 heterocycles. The number of hydrogen-bond donors (Lipinski definition) is 0. The highest BCUT2D eigenvalue weighted by molar-refractivity contribution is 7.20. The molecule has 0 atom stereocenters. The molecule has 0 N–H and O–H groups in total. The van der Waals surface area contributed by atoms with Gasteiger partial charge in [0, 0.05) is 5.56 Å². The summed E-state index contributed by atoms with van der Waals surface area (Å²) in [6, 6.07) is -0.211. The summed E-state index contributed by atoms with van der Waals surface area (Å²) in [4.78, 5) is 27.7. The van der Waals surface area contributed by atoms with Crippen molar-refractivity contribution in [2.45, 2.75) is 56.0 Å². The first-order valence-electron chi connectivity index (χ1n) is 20.5. The summed E-state index contributed by atoms with van der Waals surface area (Å²) in [5, 5.41) is 0. The Hall–Kier alpha value is -7.01. The second-order valence-corrected chi connectivity index (χ2v) is 16.4. The molecule has 0 bridgehead atoms. The van der Waals surface area contributed by atoms with E-state index >= 15 is 0 Å². The van der Waals surface area contributed by atoms with Crippen LogP contribution in [0.2, 0.25) is 0 Å². The van der Waals surface area contributed by atoms with Crippen LogP contribution in [-0.4, -0.2) is 28.9 Å². The minimum absolute atomic E-state index is 0.0270. The summed E-state index contributed by atoms with van der Waals surface area (Å²) in [6.45, 7) is 0.0270. The average Bonchev–Trinajstić information content (AvgIpc) is 3.30. The molecule has 77 heavy (non-hydrogen) atoms. The second-order valence-electron chi connectivity index (χ2n) is 16.1. The van der Waals surface area contributed by atoms with Crippen LogP contribution in [-0.2, 0) is 60.7 Å². The molecule has 414 valence electrons. The minimum atomic E-state index is -6.13. The Morgan fingerprint density at radius 3 is 0.961 bits per heavy atom. The van der Waals surface area contributed by atoms with Crippen molar-refractivity contribution in [2.75, 3.05) is 6.07 Å². The van der Waals surface area contributed by atoms with Gasteiger partial charge in [-0.25, -0.2) is 4.79 Å². The van der Waals surface area contributed by atoms with Crippen LogP contribution in [0.3, 0.4) is 0 Å². The zero-order chi connectivity index (χ0) is 58.3. The van der Waals surface area contributed by atoms with Crippen molar-refractivity contribution < 1.29 is 124 Å². The highest BCUT2D eigenvalue weighted by Gasteiger charge is 2.47. The fourth-order valence-electron chi connectivity index (χ4n) is 7.76. The lowest BCUT2D eigenvalue weighted by atomic mass is 9.12. The third kappa shape index (κ3) is 14.3. The highest BCUT2D eigenvalue weighted by atomic mass is 35.5. The molecular weight excluding hydrogens is 1130 g/mol. The SMILES string of the molecule is FC(F)(F)c1cc([B-](c2cc(C(F)(F)F)cc(C(F)(F)F)c2)(c2cc(C(F)(F)F)cc(C(F)(F)F)c2)c2cc(C(F)(F)F)cc(C(F)(F)F)c2)cc(C(F)(F)F)c1.O=C(C[n+]1ccncc1C(=O)OCCl)c1ccccc1. The van der Waals surface area contributed by atoms with Crippen molar-refractivity contribution in [1.29, 1.82) is 0 Å². The molecule has 0 amide bonds. The molecule has 1 aromatic heterocycles. The van der Waals surface area contributed by atoms with Gasteiger partial charge in [-0.2, -0.15) is 132 Å². The molecule has 6 rings (SSSR count). The smallest absolute Gasteiger partial charge is 0.416 e. The number of Topliss-reactive ketones (excluding diaryl/α,β-unsaturated/α-hetero) is 1. The number of nitrogens with zero attached hydrogens (tertiary/aromatic N) is 2. The lowest BCUT2D eigenvalue weighted by molar-refractivity contribution is -0.686. The fourth-order valence-corrected chi connectivity index (χ4v) is 7.86. The molecule has 5 nitrogen and oxygen atoms in total. The zero-order valence-electron chi connectivity index (χ0n) is 37.1. The van der Waals surface area contributed by atoms with Crippen molar-refractivity contribution in [2.24, 2.45) is 0 Å². The van der Waals surface area contributed by atoms with Crippen molar-refractivity contribution in [1.82, 2.24) is 4.98 Å². The molecule has 5 aromatic carbocycles. The Kier molecular flexibility index (Phi) is 16.9. The molecule has 0 saturated carbocycles. The van der Waals surface area contributed by atoms with Gasteiger partial charge in [0.1, 0.15) is 12.3 Å². The third-order valence-electron chi connectivity index (χ3n) is 11.1. The number of ether oxygens (including phenoxy) is 1. The van der Waals surface area contributed by atoms with Crippen molar-refractivity contribution in [3.05, 3.63) is 177 Å². The molecule has 0 aliphatic rings. The second kappa shape index (κ2) is 21.4. The number of halogens is 25. The number of alkyl halides is 25. The normalized spacial score (nSPS) is 13.2. The van der Waals surface area contributed by atoms with Crippen LogP contribution >= 0.6 is 11.6 Å². The van der Waals surface area contributed by atoms with E-state index in [0.29, 0.717) is 5.56 Å². The van der Waals surface area contributed by atoms with E-state index in [-0.39, 0.29) is 24.1 Å². The van der Waals surface area contributed by atoms with Crippen LogP contribution in [0.25, 0.3) is 0 Å². The van der Waals surface area contributed by atoms with Crippen molar-refractivity contribution in [3.8, 4) is 0 Å². The summed E-state index contributed by atoms with van der Waals surface area (Å²) < 4.78 is 347. The number of aromatic nitrogens is 2. The molecular formula is C46H24BClF24N2O3. The van der Waals surface area contributed by atoms with E-state index in [9.17, 15) is 115 Å². The van der Waals surface area contributed by atoms with Gasteiger partial charge in [-0.15, -0.1) is 0 Å². The largest absolute Gasteiger partial charge is 0.441 e. The standard InChI is InChI=1S/C32H12BF24.C14H12ClN2O3/c34-25(35,36)13-1-14(26(37,38)39)6-21(5-13)33(22-7-15(27(40,41)42)2-16(8-22)28(43,44)45,23-9-17(29(46,47)48)3-18(10-23)30(49,50)51)24-11-19(31(52,53)54)4-20(12-24)32(55,56)57;15-10-20-14(19)12-8-16-6-7-17(12)9-13(18)11-4-2-1-3-5-11/h1-12H;1-8H,9-10H2/q-1;+1. The number of benzene rings is 5. The Morgan fingerprint density at radius 2 is 0.714 bits per heavy atom. The van der Waals surface area contributed by atoms with Crippen LogP contribution in [0.1, 0.15) is 65.4 Å². The maximum Gasteiger partial charge on any atom is 0.416 e. The van der Waals surface area contributed by atoms with Gasteiger partial charge in [0.25, 0.3) is 0 Å². The quantitative estimate of drug-likeness (QED) is 0.0361. The Labute approximate surface area is 419 Å². The van der Waals surface area contributed by atoms with Crippen LogP contribution in [0.15, 0.2) is 122 Å². The summed E-state index contributed by atoms with van der Waals surface area (Å²) in [5.41, 5.74) is -29.4. The van der Waals surface area contributed by atoms with E-state index in [1.54, 1.807) is 30.5 Å². The monoisotopic (exact) mass is 1150 g/mol. The molecule has 0 radical (unpaired) electrons. The summed E-state index contributed by atoms with van der Waals surface area (Å²) in [6.07, 6.45) is -50.4. The first-order valence-corrected chi connectivity index (χ1v) is 21.0. The van der Waals surface area contributed by atoms with Crippen LogP contribution in [0.5, 0.6) is 0 Å². The van der Waals surface area contributed by atoms with Gasteiger partial charge >= 0.3 is 61.1 Å². The molecule has 0 saturated heterocycles. The predicted molar refractivity (Wildman–Crippen MR) is 221 cm³/mol. The van der Waals surface area contributed by atoms with E-state index in [0.717, 1.165) is 0 Å². The first-order chi connectivity index (χ1) is 35.0. The Morgan fingerprint density at radius 1 is 0.442 bits per heavy atom. The predicted octanol–water partition coefficient (Wildman–Crippen LogP) is 12.8. The van der Waals surface area contributed by atoms with E-state index in [1.165, 1.54) is 17.0 Å². The summed E-state index contributed by atoms with van der Waals surface area (Å²) >= 11 is 5.36. The molecule has 0 aliphatic carbocycles. The van der Waals surface area contributed by atoms with Gasteiger partial charge in [-0.3, -0.25) is 9.78 Å². The maximum atomic E-state index is 14.2. The van der Waals surface area contributed by atoms with Crippen LogP contribution in [0.4, 0.5) is 105 Å². The summed E-state index contributed by atoms with van der Waals surface area (Å²) in [7, 11) is 0. The Balaban J connectivity index is 0.000000455. The van der Waals surface area contributed by atoms with E-state index < -0.39 is 201 Å². The first kappa shape index (κ1) is 60.9. The van der Waals surface area contributed by atoms with E-state index in [2.05, 4.69) is 4.98 Å². The van der Waals surface area contributed by atoms with E-state index in [4.69, 9.17) is 16.3 Å². The zero-order valence-corrected chi connectivity index (χ0v) is 37.9. The van der Waals surface area contributed by atoms with Crippen molar-refractivity contribution >= 4 is 51.4 Å². The number of hydrogen-bond acceptors (Lipinski definition) is 4. The third-order valence-corrected chi connectivity index (χ3v) is 11.2. The van der Waals surface area contributed by atoms with Gasteiger partial charge in [-0.1, -0.05) is 90.5 Å². The lowest BCUT2D eigenvalue weighted by Gasteiger charge is -2.46. The molecule has 6 aromatic rings. The number of ketones is 1. The number of esters is 1. The minimum Gasteiger partial charge on any atom is -0.441 e. The fraction of sp³-hybridized carbons (Fsp3) is 0.217. The van der Waals surface area contributed by atoms with Gasteiger partial charge < -0.3 is 4.74 Å². The van der Waals surface area contributed by atoms with Gasteiger partial charge in [0.05, 0.1) is 50.7 Å². The topological polar surface area (TPSA) is 60.1 Å². The lowest BCUT2D eigenvalue weighted by Crippen LogP contribution is -2.75. The average molecular weight is 1150 g/mol. The molecule has 0 spiro atoms. The van der Waals surface area contributed by atoms with Crippen LogP contribution in [0, 0.1) is 0 Å². The molecule has 0 fully saturated rings. The number of carbonyl (C=O) groups is 2. The van der Waals surface area contributed by atoms with Gasteiger partial charge in [-0.05, 0) is 24.3 Å². The highest BCUT2D eigenvalue weighted by Crippen LogP contribution is 2.41. The van der Waals surface area contributed by atoms with E-state index in [1.807, 2.05) is 6.07 Å². The van der Waals surface area contributed by atoms with Gasteiger partial charge in [0.15, 0.2) is 12.3 Å². The molecule has 0 aliphatic heterocycles. The van der Waals surface area contributed by atoms with Gasteiger partial charge in [0.2, 0.25) is 12.3 Å². The number of rotatable bonds is 9.